The number of aliphatic carboxylic acids is 1. The minimum atomic E-state index is -0.737. The average Bonchev–Trinajstić information content (AvgIpc) is 2.43. The highest BCUT2D eigenvalue weighted by Gasteiger charge is 2.28. The van der Waals surface area contributed by atoms with E-state index in [0.717, 1.165) is 12.1 Å². The van der Waals surface area contributed by atoms with Crippen molar-refractivity contribution < 1.29 is 9.90 Å². The highest BCUT2D eigenvalue weighted by atomic mass is 16.4. The molecule has 1 aliphatic heterocycles. The molecule has 0 radical (unpaired) electrons. The first-order valence-electron chi connectivity index (χ1n) is 4.68. The van der Waals surface area contributed by atoms with E-state index in [1.807, 2.05) is 25.2 Å². The van der Waals surface area contributed by atoms with Gasteiger partial charge in [0.15, 0.2) is 0 Å². The predicted molar refractivity (Wildman–Crippen MR) is 52.9 cm³/mol. The highest BCUT2D eigenvalue weighted by Crippen LogP contribution is 2.34. The SMILES string of the molecule is CN1Cc2ccccc2C1CC(=O)O. The third-order valence-electron chi connectivity index (χ3n) is 2.73. The van der Waals surface area contributed by atoms with Crippen molar-refractivity contribution in [3.8, 4) is 0 Å². The molecule has 1 aliphatic rings. The van der Waals surface area contributed by atoms with Crippen LogP contribution in [0.25, 0.3) is 0 Å². The number of fused-ring (bicyclic) bond motifs is 1. The molecule has 0 spiro atoms. The maximum atomic E-state index is 10.7. The Morgan fingerprint density at radius 2 is 2.29 bits per heavy atom. The molecule has 1 aromatic carbocycles. The van der Waals surface area contributed by atoms with Crippen molar-refractivity contribution in [2.45, 2.75) is 19.0 Å². The van der Waals surface area contributed by atoms with Gasteiger partial charge in [0.2, 0.25) is 0 Å². The van der Waals surface area contributed by atoms with Crippen LogP contribution in [0.15, 0.2) is 24.3 Å². The van der Waals surface area contributed by atoms with E-state index in [4.69, 9.17) is 5.11 Å². The third kappa shape index (κ3) is 1.51. The minimum Gasteiger partial charge on any atom is -0.481 e. The summed E-state index contributed by atoms with van der Waals surface area (Å²) in [5.41, 5.74) is 2.42. The molecular formula is C11H13NO2. The number of nitrogens with zero attached hydrogens (tertiary/aromatic N) is 1. The summed E-state index contributed by atoms with van der Waals surface area (Å²) in [6, 6.07) is 8.09. The summed E-state index contributed by atoms with van der Waals surface area (Å²) in [5.74, 6) is -0.737. The van der Waals surface area contributed by atoms with Crippen molar-refractivity contribution in [2.24, 2.45) is 0 Å². The molecule has 1 aromatic rings. The van der Waals surface area contributed by atoms with E-state index in [-0.39, 0.29) is 12.5 Å². The molecule has 1 N–H and O–H groups in total. The second-order valence-corrected chi connectivity index (χ2v) is 3.73. The van der Waals surface area contributed by atoms with E-state index in [1.54, 1.807) is 0 Å². The summed E-state index contributed by atoms with van der Waals surface area (Å²) in [7, 11) is 1.97. The molecule has 0 saturated carbocycles. The highest BCUT2D eigenvalue weighted by molar-refractivity contribution is 5.68. The predicted octanol–water partition coefficient (Wildman–Crippen LogP) is 1.65. The molecule has 74 valence electrons. The molecule has 0 bridgehead atoms. The number of benzene rings is 1. The summed E-state index contributed by atoms with van der Waals surface area (Å²) in [6.45, 7) is 0.855. The smallest absolute Gasteiger partial charge is 0.305 e. The molecule has 0 amide bonds. The molecule has 0 aromatic heterocycles. The van der Waals surface area contributed by atoms with Gasteiger partial charge in [-0.15, -0.1) is 0 Å². The Hall–Kier alpha value is -1.35. The summed E-state index contributed by atoms with van der Waals surface area (Å²) in [5, 5.41) is 8.79. The molecule has 1 unspecified atom stereocenters. The van der Waals surface area contributed by atoms with Crippen LogP contribution in [0.2, 0.25) is 0 Å². The zero-order valence-corrected chi connectivity index (χ0v) is 8.10. The first-order valence-corrected chi connectivity index (χ1v) is 4.68. The minimum absolute atomic E-state index is 0.0451. The van der Waals surface area contributed by atoms with Gasteiger partial charge >= 0.3 is 5.97 Å². The maximum Gasteiger partial charge on any atom is 0.305 e. The number of carboxylic acid groups (broad SMARTS) is 1. The topological polar surface area (TPSA) is 40.5 Å². The van der Waals surface area contributed by atoms with Gasteiger partial charge in [0.1, 0.15) is 0 Å². The molecule has 2 rings (SSSR count). The average molecular weight is 191 g/mol. The van der Waals surface area contributed by atoms with Crippen LogP contribution in [-0.4, -0.2) is 23.0 Å². The van der Waals surface area contributed by atoms with Crippen LogP contribution in [0.4, 0.5) is 0 Å². The Morgan fingerprint density at radius 1 is 1.57 bits per heavy atom. The molecule has 1 atom stereocenters. The maximum absolute atomic E-state index is 10.7. The van der Waals surface area contributed by atoms with Gasteiger partial charge in [-0.25, -0.2) is 0 Å². The van der Waals surface area contributed by atoms with Gasteiger partial charge in [0.05, 0.1) is 6.42 Å². The lowest BCUT2D eigenvalue weighted by atomic mass is 10.0. The van der Waals surface area contributed by atoms with Crippen LogP contribution in [-0.2, 0) is 11.3 Å². The fourth-order valence-corrected chi connectivity index (χ4v) is 2.05. The Balaban J connectivity index is 2.30. The summed E-state index contributed by atoms with van der Waals surface area (Å²) in [6.07, 6.45) is 0.188. The van der Waals surface area contributed by atoms with Crippen LogP contribution in [0.1, 0.15) is 23.6 Å². The normalized spacial score (nSPS) is 20.8. The van der Waals surface area contributed by atoms with Gasteiger partial charge in [-0.05, 0) is 18.2 Å². The van der Waals surface area contributed by atoms with E-state index < -0.39 is 5.97 Å². The van der Waals surface area contributed by atoms with E-state index in [2.05, 4.69) is 11.0 Å². The van der Waals surface area contributed by atoms with Crippen molar-refractivity contribution in [3.05, 3.63) is 35.4 Å². The standard InChI is InChI=1S/C11H13NO2/c1-12-7-8-4-2-3-5-9(8)10(12)6-11(13)14/h2-5,10H,6-7H2,1H3,(H,13,14). The van der Waals surface area contributed by atoms with E-state index in [0.29, 0.717) is 0 Å². The molecule has 0 saturated heterocycles. The number of hydrogen-bond acceptors (Lipinski definition) is 2. The molecule has 3 heteroatoms. The van der Waals surface area contributed by atoms with Crippen molar-refractivity contribution in [2.75, 3.05) is 7.05 Å². The quantitative estimate of drug-likeness (QED) is 0.772. The number of rotatable bonds is 2. The van der Waals surface area contributed by atoms with Gasteiger partial charge in [0, 0.05) is 12.6 Å². The van der Waals surface area contributed by atoms with Crippen molar-refractivity contribution >= 4 is 5.97 Å². The Morgan fingerprint density at radius 3 is 3.00 bits per heavy atom. The largest absolute Gasteiger partial charge is 0.481 e. The number of hydrogen-bond donors (Lipinski definition) is 1. The van der Waals surface area contributed by atoms with E-state index >= 15 is 0 Å². The fourth-order valence-electron chi connectivity index (χ4n) is 2.05. The van der Waals surface area contributed by atoms with Gasteiger partial charge in [0.25, 0.3) is 0 Å². The summed E-state index contributed by atoms with van der Waals surface area (Å²) in [4.78, 5) is 12.8. The Kier molecular flexibility index (Phi) is 2.25. The molecule has 1 heterocycles. The van der Waals surface area contributed by atoms with Crippen LogP contribution in [0, 0.1) is 0 Å². The first kappa shape index (κ1) is 9.21. The lowest BCUT2D eigenvalue weighted by Crippen LogP contribution is -2.19. The second kappa shape index (κ2) is 3.42. The van der Waals surface area contributed by atoms with Crippen molar-refractivity contribution in [3.63, 3.8) is 0 Å². The van der Waals surface area contributed by atoms with Gasteiger partial charge in [-0.3, -0.25) is 9.69 Å². The fraction of sp³-hybridized carbons (Fsp3) is 0.364. The van der Waals surface area contributed by atoms with Gasteiger partial charge in [-0.1, -0.05) is 24.3 Å². The third-order valence-corrected chi connectivity index (χ3v) is 2.73. The molecule has 14 heavy (non-hydrogen) atoms. The van der Waals surface area contributed by atoms with E-state index in [9.17, 15) is 4.79 Å². The van der Waals surface area contributed by atoms with Crippen molar-refractivity contribution in [1.29, 1.82) is 0 Å². The lowest BCUT2D eigenvalue weighted by Gasteiger charge is -2.17. The monoisotopic (exact) mass is 191 g/mol. The zero-order chi connectivity index (χ0) is 10.1. The lowest BCUT2D eigenvalue weighted by molar-refractivity contribution is -0.138. The van der Waals surface area contributed by atoms with Gasteiger partial charge < -0.3 is 5.11 Å². The van der Waals surface area contributed by atoms with Crippen molar-refractivity contribution in [1.82, 2.24) is 4.90 Å². The Labute approximate surface area is 83.0 Å². The second-order valence-electron chi connectivity index (χ2n) is 3.73. The van der Waals surface area contributed by atoms with E-state index in [1.165, 1.54) is 5.56 Å². The molecule has 0 aliphatic carbocycles. The summed E-state index contributed by atoms with van der Waals surface area (Å²) >= 11 is 0. The molecule has 0 fully saturated rings. The van der Waals surface area contributed by atoms with Gasteiger partial charge in [-0.2, -0.15) is 0 Å². The Bertz CT molecular complexity index is 362. The molecular weight excluding hydrogens is 178 g/mol. The number of carboxylic acids is 1. The van der Waals surface area contributed by atoms with Crippen LogP contribution >= 0.6 is 0 Å². The summed E-state index contributed by atoms with van der Waals surface area (Å²) < 4.78 is 0. The van der Waals surface area contributed by atoms with Crippen LogP contribution < -0.4 is 0 Å². The number of carbonyl (C=O) groups is 1. The first-order chi connectivity index (χ1) is 6.68. The van der Waals surface area contributed by atoms with Crippen LogP contribution in [0.3, 0.4) is 0 Å². The molecule has 3 nitrogen and oxygen atoms in total. The zero-order valence-electron chi connectivity index (χ0n) is 8.10. The van der Waals surface area contributed by atoms with Crippen LogP contribution in [0.5, 0.6) is 0 Å².